The van der Waals surface area contributed by atoms with E-state index in [-0.39, 0.29) is 5.41 Å². The van der Waals surface area contributed by atoms with Gasteiger partial charge < -0.3 is 5.73 Å². The lowest BCUT2D eigenvalue weighted by Crippen LogP contribution is -2.14. The highest BCUT2D eigenvalue weighted by Crippen LogP contribution is 2.34. The molecule has 4 heteroatoms. The highest BCUT2D eigenvalue weighted by molar-refractivity contribution is 9.10. The monoisotopic (exact) mass is 259 g/mol. The van der Waals surface area contributed by atoms with Gasteiger partial charge in [0.1, 0.15) is 5.82 Å². The molecule has 0 saturated heterocycles. The third kappa shape index (κ3) is 1.95. The highest BCUT2D eigenvalue weighted by Gasteiger charge is 2.24. The summed E-state index contributed by atoms with van der Waals surface area (Å²) in [7, 11) is 0. The molecule has 2 N–H and O–H groups in total. The average Bonchev–Trinajstić information content (AvgIpc) is 2.28. The molecule has 0 atom stereocenters. The van der Waals surface area contributed by atoms with Gasteiger partial charge in [-0.3, -0.25) is 0 Å². The lowest BCUT2D eigenvalue weighted by molar-refractivity contribution is 0.499. The molecule has 1 aromatic rings. The van der Waals surface area contributed by atoms with Crippen LogP contribution >= 0.6 is 15.9 Å². The van der Waals surface area contributed by atoms with Crippen LogP contribution in [-0.4, -0.2) is 9.78 Å². The number of nitrogens with zero attached hydrogens (tertiary/aromatic N) is 2. The Morgan fingerprint density at radius 1 is 1.36 bits per heavy atom. The van der Waals surface area contributed by atoms with Crippen molar-refractivity contribution >= 4 is 21.7 Å². The van der Waals surface area contributed by atoms with Crippen LogP contribution in [0.25, 0.3) is 0 Å². The minimum absolute atomic E-state index is 0.0209. The first kappa shape index (κ1) is 11.6. The molecule has 0 aliphatic rings. The molecule has 0 fully saturated rings. The maximum absolute atomic E-state index is 5.95. The molecule has 0 spiro atoms. The van der Waals surface area contributed by atoms with Crippen LogP contribution in [0.1, 0.15) is 46.4 Å². The van der Waals surface area contributed by atoms with E-state index in [1.54, 1.807) is 0 Å². The molecular formula is C10H18BrN3. The van der Waals surface area contributed by atoms with Crippen molar-refractivity contribution in [3.63, 3.8) is 0 Å². The lowest BCUT2D eigenvalue weighted by atomic mass is 9.92. The lowest BCUT2D eigenvalue weighted by Gasteiger charge is -2.15. The maximum Gasteiger partial charge on any atom is 0.136 e. The van der Waals surface area contributed by atoms with Crippen molar-refractivity contribution in [3.8, 4) is 0 Å². The summed E-state index contributed by atoms with van der Waals surface area (Å²) in [5.41, 5.74) is 6.99. The fraction of sp³-hybridized carbons (Fsp3) is 0.700. The van der Waals surface area contributed by atoms with Crippen molar-refractivity contribution in [1.29, 1.82) is 0 Å². The predicted octanol–water partition coefficient (Wildman–Crippen LogP) is 3.11. The summed E-state index contributed by atoms with van der Waals surface area (Å²) < 4.78 is 2.78. The summed E-state index contributed by atoms with van der Waals surface area (Å²) in [5.74, 6) is 0.713. The first-order chi connectivity index (χ1) is 6.25. The average molecular weight is 260 g/mol. The SMILES string of the molecule is CC(C)n1nc(C(C)(C)C)c(Br)c1N. The standard InChI is InChI=1S/C10H18BrN3/c1-6(2)14-9(12)7(11)8(13-14)10(3,4)5/h6H,12H2,1-5H3. The van der Waals surface area contributed by atoms with Gasteiger partial charge in [-0.25, -0.2) is 4.68 Å². The Kier molecular flexibility index (Phi) is 2.95. The number of hydrogen-bond donors (Lipinski definition) is 1. The molecule has 0 aliphatic heterocycles. The van der Waals surface area contributed by atoms with Crippen LogP contribution in [0, 0.1) is 0 Å². The minimum atomic E-state index is 0.0209. The van der Waals surface area contributed by atoms with Gasteiger partial charge >= 0.3 is 0 Å². The van der Waals surface area contributed by atoms with Crippen molar-refractivity contribution in [1.82, 2.24) is 9.78 Å². The van der Waals surface area contributed by atoms with E-state index in [1.807, 2.05) is 4.68 Å². The van der Waals surface area contributed by atoms with E-state index in [1.165, 1.54) is 0 Å². The Morgan fingerprint density at radius 2 is 1.86 bits per heavy atom. The van der Waals surface area contributed by atoms with Gasteiger partial charge in [0.05, 0.1) is 10.2 Å². The first-order valence-corrected chi connectivity index (χ1v) is 5.58. The van der Waals surface area contributed by atoms with E-state index < -0.39 is 0 Å². The van der Waals surface area contributed by atoms with Crippen molar-refractivity contribution < 1.29 is 0 Å². The van der Waals surface area contributed by atoms with Gasteiger partial charge in [0.2, 0.25) is 0 Å². The van der Waals surface area contributed by atoms with Gasteiger partial charge in [-0.05, 0) is 29.8 Å². The molecule has 0 saturated carbocycles. The Balaban J connectivity index is 3.29. The smallest absolute Gasteiger partial charge is 0.136 e. The molecule has 1 heterocycles. The Hall–Kier alpha value is -0.510. The van der Waals surface area contributed by atoms with E-state index in [0.29, 0.717) is 11.9 Å². The fourth-order valence-corrected chi connectivity index (χ4v) is 2.16. The van der Waals surface area contributed by atoms with E-state index in [2.05, 4.69) is 55.6 Å². The molecule has 80 valence electrons. The Bertz CT molecular complexity index is 334. The summed E-state index contributed by atoms with van der Waals surface area (Å²) in [5, 5.41) is 4.52. The molecule has 14 heavy (non-hydrogen) atoms. The highest BCUT2D eigenvalue weighted by atomic mass is 79.9. The third-order valence-electron chi connectivity index (χ3n) is 2.09. The van der Waals surface area contributed by atoms with Crippen LogP contribution in [0.5, 0.6) is 0 Å². The predicted molar refractivity (Wildman–Crippen MR) is 63.4 cm³/mol. The third-order valence-corrected chi connectivity index (χ3v) is 2.87. The Morgan fingerprint density at radius 3 is 2.07 bits per heavy atom. The van der Waals surface area contributed by atoms with Crippen molar-refractivity contribution in [2.24, 2.45) is 0 Å². The Labute approximate surface area is 93.8 Å². The molecule has 0 bridgehead atoms. The number of anilines is 1. The molecular weight excluding hydrogens is 242 g/mol. The number of aromatic nitrogens is 2. The molecule has 3 nitrogen and oxygen atoms in total. The van der Waals surface area contributed by atoms with Gasteiger partial charge in [-0.2, -0.15) is 5.10 Å². The van der Waals surface area contributed by atoms with Crippen LogP contribution in [0.3, 0.4) is 0 Å². The van der Waals surface area contributed by atoms with Gasteiger partial charge in [0.15, 0.2) is 0 Å². The number of nitrogens with two attached hydrogens (primary N) is 1. The number of hydrogen-bond acceptors (Lipinski definition) is 2. The van der Waals surface area contributed by atoms with Gasteiger partial charge in [0.25, 0.3) is 0 Å². The van der Waals surface area contributed by atoms with Gasteiger partial charge in [-0.1, -0.05) is 20.8 Å². The number of nitrogen functional groups attached to an aromatic ring is 1. The maximum atomic E-state index is 5.95. The normalized spacial score (nSPS) is 12.5. The van der Waals surface area contributed by atoms with Crippen molar-refractivity contribution in [2.45, 2.75) is 46.1 Å². The van der Waals surface area contributed by atoms with Crippen LogP contribution in [0.15, 0.2) is 4.47 Å². The summed E-state index contributed by atoms with van der Waals surface area (Å²) in [6.07, 6.45) is 0. The van der Waals surface area contributed by atoms with Gasteiger partial charge in [-0.15, -0.1) is 0 Å². The summed E-state index contributed by atoms with van der Waals surface area (Å²) >= 11 is 3.50. The van der Waals surface area contributed by atoms with E-state index in [4.69, 9.17) is 5.73 Å². The largest absolute Gasteiger partial charge is 0.383 e. The summed E-state index contributed by atoms with van der Waals surface area (Å²) in [6.45, 7) is 10.5. The van der Waals surface area contributed by atoms with E-state index in [0.717, 1.165) is 10.2 Å². The molecule has 0 unspecified atom stereocenters. The van der Waals surface area contributed by atoms with Crippen LogP contribution in [0.2, 0.25) is 0 Å². The van der Waals surface area contributed by atoms with Crippen molar-refractivity contribution in [3.05, 3.63) is 10.2 Å². The van der Waals surface area contributed by atoms with Crippen molar-refractivity contribution in [2.75, 3.05) is 5.73 Å². The second kappa shape index (κ2) is 3.57. The van der Waals surface area contributed by atoms with Gasteiger partial charge in [0, 0.05) is 11.5 Å². The summed E-state index contributed by atoms with van der Waals surface area (Å²) in [6, 6.07) is 0.294. The summed E-state index contributed by atoms with van der Waals surface area (Å²) in [4.78, 5) is 0. The molecule has 1 rings (SSSR count). The van der Waals surface area contributed by atoms with Crippen LogP contribution in [0.4, 0.5) is 5.82 Å². The van der Waals surface area contributed by atoms with Crippen LogP contribution in [-0.2, 0) is 5.41 Å². The number of rotatable bonds is 1. The zero-order valence-corrected chi connectivity index (χ0v) is 11.0. The van der Waals surface area contributed by atoms with Crippen LogP contribution < -0.4 is 5.73 Å². The molecule has 0 aromatic carbocycles. The fourth-order valence-electron chi connectivity index (χ4n) is 1.30. The van der Waals surface area contributed by atoms with E-state index >= 15 is 0 Å². The quantitative estimate of drug-likeness (QED) is 0.843. The molecule has 1 aromatic heterocycles. The topological polar surface area (TPSA) is 43.8 Å². The zero-order valence-electron chi connectivity index (χ0n) is 9.43. The molecule has 0 amide bonds. The first-order valence-electron chi connectivity index (χ1n) is 4.79. The van der Waals surface area contributed by atoms with E-state index in [9.17, 15) is 0 Å². The zero-order chi connectivity index (χ0) is 11.1. The molecule has 0 aliphatic carbocycles. The number of halogens is 1. The second-order valence-corrected chi connectivity index (χ2v) is 5.63. The minimum Gasteiger partial charge on any atom is -0.383 e. The second-order valence-electron chi connectivity index (χ2n) is 4.84. The molecule has 0 radical (unpaired) electrons.